The van der Waals surface area contributed by atoms with Crippen molar-refractivity contribution in [2.24, 2.45) is 11.8 Å². The Kier molecular flexibility index (Phi) is 4.56. The summed E-state index contributed by atoms with van der Waals surface area (Å²) in [6.07, 6.45) is 9.34. The van der Waals surface area contributed by atoms with Crippen LogP contribution in [0, 0.1) is 18.8 Å². The SMILES string of the molecule is Cc1ccccc1-c1cc2cnc(NN3CC4CCCCC4C3)nc2n(C2CC2)c1=O. The molecule has 6 heteroatoms. The predicted molar refractivity (Wildman–Crippen MR) is 123 cm³/mol. The molecule has 1 aromatic carbocycles. The highest BCUT2D eigenvalue weighted by Gasteiger charge is 2.35. The number of rotatable bonds is 4. The number of fused-ring (bicyclic) bond motifs is 2. The van der Waals surface area contributed by atoms with E-state index in [1.807, 2.05) is 35.0 Å². The fourth-order valence-corrected chi connectivity index (χ4v) is 5.55. The molecule has 6 nitrogen and oxygen atoms in total. The van der Waals surface area contributed by atoms with Gasteiger partial charge in [0.15, 0.2) is 0 Å². The second kappa shape index (κ2) is 7.45. The molecule has 1 N–H and O–H groups in total. The molecule has 2 saturated carbocycles. The molecule has 160 valence electrons. The Bertz CT molecular complexity index is 1180. The van der Waals surface area contributed by atoms with Crippen LogP contribution < -0.4 is 11.0 Å². The van der Waals surface area contributed by atoms with Crippen molar-refractivity contribution in [1.82, 2.24) is 19.5 Å². The molecule has 2 aliphatic carbocycles. The Labute approximate surface area is 182 Å². The molecule has 2 atom stereocenters. The molecular weight excluding hydrogens is 386 g/mol. The number of aryl methyl sites for hydroxylation is 1. The Morgan fingerprint density at radius 3 is 2.45 bits per heavy atom. The van der Waals surface area contributed by atoms with Crippen molar-refractivity contribution in [3.05, 3.63) is 52.4 Å². The van der Waals surface area contributed by atoms with Gasteiger partial charge in [-0.25, -0.2) is 9.99 Å². The van der Waals surface area contributed by atoms with Gasteiger partial charge in [0, 0.05) is 36.3 Å². The lowest BCUT2D eigenvalue weighted by molar-refractivity contribution is 0.299. The number of hydrogen-bond acceptors (Lipinski definition) is 5. The summed E-state index contributed by atoms with van der Waals surface area (Å²) in [5, 5.41) is 3.20. The van der Waals surface area contributed by atoms with Crippen molar-refractivity contribution in [1.29, 1.82) is 0 Å². The summed E-state index contributed by atoms with van der Waals surface area (Å²) in [5.74, 6) is 2.19. The highest BCUT2D eigenvalue weighted by atomic mass is 16.1. The zero-order valence-electron chi connectivity index (χ0n) is 18.1. The highest BCUT2D eigenvalue weighted by Crippen LogP contribution is 2.38. The largest absolute Gasteiger partial charge is 0.289 e. The van der Waals surface area contributed by atoms with Crippen LogP contribution in [0.25, 0.3) is 22.2 Å². The topological polar surface area (TPSA) is 63.1 Å². The van der Waals surface area contributed by atoms with Gasteiger partial charge in [-0.1, -0.05) is 37.1 Å². The number of benzene rings is 1. The quantitative estimate of drug-likeness (QED) is 0.677. The molecule has 3 heterocycles. The lowest BCUT2D eigenvalue weighted by Gasteiger charge is -2.22. The standard InChI is InChI=1S/C25H29N5O/c1-16-6-2-5-9-21(16)22-12-19-13-26-25(27-23(19)30(24(22)31)20-10-11-20)28-29-14-17-7-3-4-8-18(17)15-29/h2,5-6,9,12-13,17-18,20H,3-4,7-8,10-11,14-15H2,1H3,(H,26,27,28). The Morgan fingerprint density at radius 1 is 1.00 bits per heavy atom. The lowest BCUT2D eigenvalue weighted by Crippen LogP contribution is -2.29. The Morgan fingerprint density at radius 2 is 1.74 bits per heavy atom. The van der Waals surface area contributed by atoms with Crippen LogP contribution in [0.1, 0.15) is 50.1 Å². The fourth-order valence-electron chi connectivity index (χ4n) is 5.55. The number of hydrogen-bond donors (Lipinski definition) is 1. The Hall–Kier alpha value is -2.73. The van der Waals surface area contributed by atoms with Crippen molar-refractivity contribution < 1.29 is 0 Å². The number of nitrogens with zero attached hydrogens (tertiary/aromatic N) is 4. The first kappa shape index (κ1) is 19.0. The molecule has 0 amide bonds. The summed E-state index contributed by atoms with van der Waals surface area (Å²) in [4.78, 5) is 23.0. The molecule has 1 aliphatic heterocycles. The van der Waals surface area contributed by atoms with E-state index in [0.717, 1.165) is 65.5 Å². The summed E-state index contributed by atoms with van der Waals surface area (Å²) in [6.45, 7) is 4.18. The van der Waals surface area contributed by atoms with E-state index in [0.29, 0.717) is 5.95 Å². The van der Waals surface area contributed by atoms with E-state index in [9.17, 15) is 4.79 Å². The molecule has 6 rings (SSSR count). The molecule has 0 radical (unpaired) electrons. The van der Waals surface area contributed by atoms with Crippen LogP contribution in [0.4, 0.5) is 5.95 Å². The maximum absolute atomic E-state index is 13.5. The summed E-state index contributed by atoms with van der Waals surface area (Å²) < 4.78 is 1.91. The van der Waals surface area contributed by atoms with Gasteiger partial charge in [-0.05, 0) is 61.6 Å². The zero-order chi connectivity index (χ0) is 20.9. The van der Waals surface area contributed by atoms with Crippen molar-refractivity contribution in [3.8, 4) is 11.1 Å². The summed E-state index contributed by atoms with van der Waals surface area (Å²) in [6, 6.07) is 10.3. The molecular formula is C25H29N5O. The molecule has 2 aromatic heterocycles. The van der Waals surface area contributed by atoms with Gasteiger partial charge >= 0.3 is 0 Å². The third kappa shape index (κ3) is 3.43. The van der Waals surface area contributed by atoms with Gasteiger partial charge < -0.3 is 0 Å². The van der Waals surface area contributed by atoms with Crippen LogP contribution in [-0.4, -0.2) is 32.6 Å². The van der Waals surface area contributed by atoms with Gasteiger partial charge in [0.1, 0.15) is 5.65 Å². The van der Waals surface area contributed by atoms with Crippen LogP contribution in [0.15, 0.2) is 41.3 Å². The van der Waals surface area contributed by atoms with Gasteiger partial charge in [0.25, 0.3) is 5.56 Å². The van der Waals surface area contributed by atoms with Crippen LogP contribution in [-0.2, 0) is 0 Å². The third-order valence-corrected chi connectivity index (χ3v) is 7.35. The van der Waals surface area contributed by atoms with E-state index in [-0.39, 0.29) is 11.6 Å². The van der Waals surface area contributed by atoms with Gasteiger partial charge in [0.2, 0.25) is 5.95 Å². The van der Waals surface area contributed by atoms with Crippen LogP contribution in [0.3, 0.4) is 0 Å². The van der Waals surface area contributed by atoms with Crippen LogP contribution >= 0.6 is 0 Å². The minimum absolute atomic E-state index is 0.0566. The predicted octanol–water partition coefficient (Wildman–Crippen LogP) is 4.55. The lowest BCUT2D eigenvalue weighted by atomic mass is 9.82. The highest BCUT2D eigenvalue weighted by molar-refractivity contribution is 5.82. The maximum atomic E-state index is 13.5. The van der Waals surface area contributed by atoms with Gasteiger partial charge in [-0.2, -0.15) is 4.98 Å². The average Bonchev–Trinajstić information content (AvgIpc) is 3.52. The second-order valence-corrected chi connectivity index (χ2v) is 9.57. The summed E-state index contributed by atoms with van der Waals surface area (Å²) >= 11 is 0. The number of hydrazine groups is 1. The number of nitrogens with one attached hydrogen (secondary N) is 1. The third-order valence-electron chi connectivity index (χ3n) is 7.35. The van der Waals surface area contributed by atoms with Crippen molar-refractivity contribution >= 4 is 17.0 Å². The van der Waals surface area contributed by atoms with E-state index in [2.05, 4.69) is 28.4 Å². The van der Waals surface area contributed by atoms with E-state index in [1.54, 1.807) is 0 Å². The second-order valence-electron chi connectivity index (χ2n) is 9.57. The molecule has 31 heavy (non-hydrogen) atoms. The fraction of sp³-hybridized carbons (Fsp3) is 0.480. The van der Waals surface area contributed by atoms with Crippen LogP contribution in [0.5, 0.6) is 0 Å². The molecule has 0 spiro atoms. The number of pyridine rings is 1. The molecule has 3 aromatic rings. The van der Waals surface area contributed by atoms with Crippen molar-refractivity contribution in [2.75, 3.05) is 18.5 Å². The monoisotopic (exact) mass is 415 g/mol. The first-order chi connectivity index (χ1) is 15.2. The maximum Gasteiger partial charge on any atom is 0.260 e. The molecule has 1 saturated heterocycles. The zero-order valence-corrected chi connectivity index (χ0v) is 18.1. The molecule has 3 aliphatic rings. The van der Waals surface area contributed by atoms with Crippen molar-refractivity contribution in [2.45, 2.75) is 51.5 Å². The smallest absolute Gasteiger partial charge is 0.260 e. The molecule has 2 unspecified atom stereocenters. The average molecular weight is 416 g/mol. The van der Waals surface area contributed by atoms with E-state index in [4.69, 9.17) is 4.98 Å². The summed E-state index contributed by atoms with van der Waals surface area (Å²) in [7, 11) is 0. The van der Waals surface area contributed by atoms with Crippen molar-refractivity contribution in [3.63, 3.8) is 0 Å². The molecule has 3 fully saturated rings. The van der Waals surface area contributed by atoms with Gasteiger partial charge in [-0.3, -0.25) is 14.8 Å². The number of aromatic nitrogens is 3. The van der Waals surface area contributed by atoms with E-state index < -0.39 is 0 Å². The normalized spacial score (nSPS) is 23.8. The number of anilines is 1. The van der Waals surface area contributed by atoms with E-state index in [1.165, 1.54) is 25.7 Å². The first-order valence-electron chi connectivity index (χ1n) is 11.7. The Balaban J connectivity index is 1.38. The van der Waals surface area contributed by atoms with Crippen LogP contribution in [0.2, 0.25) is 0 Å². The minimum Gasteiger partial charge on any atom is -0.289 e. The van der Waals surface area contributed by atoms with Gasteiger partial charge in [-0.15, -0.1) is 0 Å². The first-order valence-corrected chi connectivity index (χ1v) is 11.7. The minimum atomic E-state index is 0.0566. The van der Waals surface area contributed by atoms with Gasteiger partial charge in [0.05, 0.1) is 0 Å². The summed E-state index contributed by atoms with van der Waals surface area (Å²) in [5.41, 5.74) is 7.09. The van der Waals surface area contributed by atoms with E-state index >= 15 is 0 Å². The molecule has 0 bridgehead atoms.